The number of rotatable bonds is 4. The van der Waals surface area contributed by atoms with Gasteiger partial charge in [0.15, 0.2) is 0 Å². The van der Waals surface area contributed by atoms with Gasteiger partial charge in [-0.1, -0.05) is 18.2 Å². The normalized spacial score (nSPS) is 15.4. The molecule has 150 valence electrons. The third kappa shape index (κ3) is 3.68. The van der Waals surface area contributed by atoms with Crippen LogP contribution < -0.4 is 4.74 Å². The summed E-state index contributed by atoms with van der Waals surface area (Å²) in [6.45, 7) is 1.16. The molecular weight excluding hydrogens is 390 g/mol. The van der Waals surface area contributed by atoms with Gasteiger partial charge in [-0.05, 0) is 36.4 Å². The number of carbonyl (C=O) groups is 1. The second kappa shape index (κ2) is 7.81. The predicted molar refractivity (Wildman–Crippen MR) is 109 cm³/mol. The molecule has 29 heavy (non-hydrogen) atoms. The van der Waals surface area contributed by atoms with E-state index < -0.39 is 10.0 Å². The van der Waals surface area contributed by atoms with E-state index in [0.717, 1.165) is 5.39 Å². The van der Waals surface area contributed by atoms with Gasteiger partial charge in [-0.15, -0.1) is 0 Å². The minimum atomic E-state index is -3.61. The highest BCUT2D eigenvalue weighted by atomic mass is 32.2. The summed E-state index contributed by atoms with van der Waals surface area (Å²) in [7, 11) is -2.08. The van der Waals surface area contributed by atoms with Crippen molar-refractivity contribution in [2.45, 2.75) is 4.90 Å². The molecule has 0 saturated carbocycles. The number of aromatic nitrogens is 1. The van der Waals surface area contributed by atoms with Crippen molar-refractivity contribution in [3.8, 4) is 5.75 Å². The average Bonchev–Trinajstić information content (AvgIpc) is 2.78. The van der Waals surface area contributed by atoms with Gasteiger partial charge in [-0.3, -0.25) is 9.78 Å². The van der Waals surface area contributed by atoms with Crippen LogP contribution in [0.4, 0.5) is 0 Å². The molecule has 8 heteroatoms. The Hall–Kier alpha value is -2.97. The number of para-hydroxylation sites is 1. The average molecular weight is 411 g/mol. The predicted octanol–water partition coefficient (Wildman–Crippen LogP) is 2.39. The summed E-state index contributed by atoms with van der Waals surface area (Å²) in [4.78, 5) is 19.3. The summed E-state index contributed by atoms with van der Waals surface area (Å²) in [6.07, 6.45) is 1.67. The van der Waals surface area contributed by atoms with Gasteiger partial charge < -0.3 is 9.64 Å². The van der Waals surface area contributed by atoms with E-state index in [1.54, 1.807) is 29.3 Å². The Bertz CT molecular complexity index is 1130. The van der Waals surface area contributed by atoms with Crippen molar-refractivity contribution in [1.29, 1.82) is 0 Å². The minimum Gasteiger partial charge on any atom is -0.497 e. The van der Waals surface area contributed by atoms with E-state index in [-0.39, 0.29) is 23.9 Å². The zero-order valence-corrected chi connectivity index (χ0v) is 16.8. The third-order valence-electron chi connectivity index (χ3n) is 5.09. The lowest BCUT2D eigenvalue weighted by Crippen LogP contribution is -2.50. The van der Waals surface area contributed by atoms with Gasteiger partial charge in [0.25, 0.3) is 5.91 Å². The number of pyridine rings is 1. The summed E-state index contributed by atoms with van der Waals surface area (Å²) in [5.41, 5.74) is 1.20. The minimum absolute atomic E-state index is 0.129. The van der Waals surface area contributed by atoms with Crippen LogP contribution in [0.15, 0.2) is 65.7 Å². The van der Waals surface area contributed by atoms with Gasteiger partial charge in [0.1, 0.15) is 5.75 Å². The van der Waals surface area contributed by atoms with E-state index in [1.165, 1.54) is 23.5 Å². The number of methoxy groups -OCH3 is 1. The van der Waals surface area contributed by atoms with Crippen LogP contribution in [-0.2, 0) is 10.0 Å². The van der Waals surface area contributed by atoms with Gasteiger partial charge in [0.05, 0.1) is 23.1 Å². The first-order valence-corrected chi connectivity index (χ1v) is 10.7. The number of piperazine rings is 1. The van der Waals surface area contributed by atoms with E-state index in [2.05, 4.69) is 4.98 Å². The number of fused-ring (bicyclic) bond motifs is 1. The summed E-state index contributed by atoms with van der Waals surface area (Å²) in [5, 5.41) is 0.902. The van der Waals surface area contributed by atoms with Crippen LogP contribution >= 0.6 is 0 Å². The Morgan fingerprint density at radius 1 is 0.966 bits per heavy atom. The molecule has 1 aromatic heterocycles. The molecule has 0 aliphatic carbocycles. The summed E-state index contributed by atoms with van der Waals surface area (Å²) >= 11 is 0. The van der Waals surface area contributed by atoms with E-state index in [4.69, 9.17) is 4.74 Å². The van der Waals surface area contributed by atoms with Crippen molar-refractivity contribution in [2.75, 3.05) is 33.3 Å². The molecule has 7 nitrogen and oxygen atoms in total. The van der Waals surface area contributed by atoms with Crippen molar-refractivity contribution >= 4 is 26.8 Å². The molecule has 1 aliphatic heterocycles. The third-order valence-corrected chi connectivity index (χ3v) is 7.00. The molecule has 0 bridgehead atoms. The molecule has 0 atom stereocenters. The van der Waals surface area contributed by atoms with Crippen LogP contribution in [0.5, 0.6) is 5.75 Å². The Morgan fingerprint density at radius 2 is 1.66 bits per heavy atom. The molecular formula is C21H21N3O4S. The molecule has 0 unspecified atom stereocenters. The molecule has 4 rings (SSSR count). The monoisotopic (exact) mass is 411 g/mol. The van der Waals surface area contributed by atoms with Gasteiger partial charge in [0, 0.05) is 37.8 Å². The van der Waals surface area contributed by atoms with E-state index in [1.807, 2.05) is 24.3 Å². The lowest BCUT2D eigenvalue weighted by molar-refractivity contribution is 0.0699. The number of amides is 1. The fourth-order valence-corrected chi connectivity index (χ4v) is 4.90. The standard InChI is InChI=1S/C21H21N3O4S/c1-28-17-7-9-18(10-8-17)29(26,27)24-14-12-23(13-15-24)21(25)19-6-2-4-16-5-3-11-22-20(16)19/h2-11H,12-15H2,1H3. The molecule has 0 spiro atoms. The highest BCUT2D eigenvalue weighted by molar-refractivity contribution is 7.89. The smallest absolute Gasteiger partial charge is 0.256 e. The maximum absolute atomic E-state index is 13.0. The number of nitrogens with zero attached hydrogens (tertiary/aromatic N) is 3. The largest absolute Gasteiger partial charge is 0.497 e. The Labute approximate surface area is 169 Å². The molecule has 2 aromatic carbocycles. The first kappa shape index (κ1) is 19.4. The molecule has 2 heterocycles. The lowest BCUT2D eigenvalue weighted by Gasteiger charge is -2.34. The van der Waals surface area contributed by atoms with E-state index in [0.29, 0.717) is 29.9 Å². The van der Waals surface area contributed by atoms with Crippen molar-refractivity contribution in [2.24, 2.45) is 0 Å². The SMILES string of the molecule is COc1ccc(S(=O)(=O)N2CCN(C(=O)c3cccc4cccnc34)CC2)cc1. The number of carbonyl (C=O) groups excluding carboxylic acids is 1. The molecule has 1 saturated heterocycles. The maximum atomic E-state index is 13.0. The molecule has 1 fully saturated rings. The number of hydrogen-bond donors (Lipinski definition) is 0. The summed E-state index contributed by atoms with van der Waals surface area (Å²) < 4.78 is 32.3. The Balaban J connectivity index is 1.49. The summed E-state index contributed by atoms with van der Waals surface area (Å²) in [6, 6.07) is 15.6. The molecule has 3 aromatic rings. The maximum Gasteiger partial charge on any atom is 0.256 e. The first-order valence-electron chi connectivity index (χ1n) is 9.28. The fraction of sp³-hybridized carbons (Fsp3) is 0.238. The second-order valence-corrected chi connectivity index (χ2v) is 8.69. The van der Waals surface area contributed by atoms with E-state index in [9.17, 15) is 13.2 Å². The molecule has 0 N–H and O–H groups in total. The van der Waals surface area contributed by atoms with Gasteiger partial charge >= 0.3 is 0 Å². The molecule has 1 aliphatic rings. The quantitative estimate of drug-likeness (QED) is 0.659. The lowest BCUT2D eigenvalue weighted by atomic mass is 10.1. The highest BCUT2D eigenvalue weighted by Gasteiger charge is 2.31. The van der Waals surface area contributed by atoms with Gasteiger partial charge in [0.2, 0.25) is 10.0 Å². The topological polar surface area (TPSA) is 79.8 Å². The fourth-order valence-electron chi connectivity index (χ4n) is 3.48. The van der Waals surface area contributed by atoms with Crippen LogP contribution in [0.3, 0.4) is 0 Å². The molecule has 1 amide bonds. The van der Waals surface area contributed by atoms with Crippen LogP contribution in [0.25, 0.3) is 10.9 Å². The number of hydrogen-bond acceptors (Lipinski definition) is 5. The Kier molecular flexibility index (Phi) is 5.21. The van der Waals surface area contributed by atoms with Crippen LogP contribution in [0.2, 0.25) is 0 Å². The van der Waals surface area contributed by atoms with Gasteiger partial charge in [-0.2, -0.15) is 4.31 Å². The van der Waals surface area contributed by atoms with Crippen molar-refractivity contribution in [3.05, 3.63) is 66.4 Å². The second-order valence-electron chi connectivity index (χ2n) is 6.75. The zero-order valence-electron chi connectivity index (χ0n) is 16.0. The van der Waals surface area contributed by atoms with Crippen LogP contribution in [0, 0.1) is 0 Å². The van der Waals surface area contributed by atoms with E-state index >= 15 is 0 Å². The van der Waals surface area contributed by atoms with Crippen molar-refractivity contribution in [3.63, 3.8) is 0 Å². The van der Waals surface area contributed by atoms with Crippen molar-refractivity contribution in [1.82, 2.24) is 14.2 Å². The zero-order chi connectivity index (χ0) is 20.4. The highest BCUT2D eigenvalue weighted by Crippen LogP contribution is 2.22. The number of ether oxygens (including phenoxy) is 1. The Morgan fingerprint density at radius 3 is 2.34 bits per heavy atom. The number of benzene rings is 2. The first-order chi connectivity index (χ1) is 14.0. The number of sulfonamides is 1. The van der Waals surface area contributed by atoms with Gasteiger partial charge in [-0.25, -0.2) is 8.42 Å². The van der Waals surface area contributed by atoms with Crippen LogP contribution in [0.1, 0.15) is 10.4 Å². The van der Waals surface area contributed by atoms with Crippen LogP contribution in [-0.4, -0.2) is 61.8 Å². The summed E-state index contributed by atoms with van der Waals surface area (Å²) in [5.74, 6) is 0.471. The molecule has 0 radical (unpaired) electrons. The van der Waals surface area contributed by atoms with Crippen molar-refractivity contribution < 1.29 is 17.9 Å².